The Balaban J connectivity index is 1.47. The van der Waals surface area contributed by atoms with Crippen molar-refractivity contribution in [2.45, 2.75) is 76.8 Å². The van der Waals surface area contributed by atoms with Crippen LogP contribution in [0.25, 0.3) is 0 Å². The van der Waals surface area contributed by atoms with Crippen molar-refractivity contribution >= 4 is 0 Å². The van der Waals surface area contributed by atoms with Crippen molar-refractivity contribution in [3.63, 3.8) is 0 Å². The second kappa shape index (κ2) is 7.66. The van der Waals surface area contributed by atoms with Gasteiger partial charge >= 0.3 is 6.18 Å². The first-order valence-electron chi connectivity index (χ1n) is 9.85. The van der Waals surface area contributed by atoms with Crippen LogP contribution in [-0.4, -0.2) is 6.18 Å². The molecule has 0 heterocycles. The van der Waals surface area contributed by atoms with Crippen LogP contribution < -0.4 is 0 Å². The molecule has 3 heteroatoms. The first kappa shape index (κ1) is 18.1. The summed E-state index contributed by atoms with van der Waals surface area (Å²) in [4.78, 5) is 0. The van der Waals surface area contributed by atoms with E-state index in [0.29, 0.717) is 18.8 Å². The molecule has 3 aliphatic rings. The highest BCUT2D eigenvalue weighted by molar-refractivity contribution is 5.12. The average Bonchev–Trinajstić information content (AvgIpc) is 2.61. The Kier molecular flexibility index (Phi) is 5.77. The summed E-state index contributed by atoms with van der Waals surface area (Å²) in [7, 11) is 0. The standard InChI is InChI=1S/C21H31F3/c1-2-15-3-5-16(6-4-15)17-7-9-18(10-8-17)19-11-13-20(14-12-19)21(22,23)24/h2,9,15-17,19-20H,1,3-8,10-14H2/t15?,16?,17-,19?,20?/m0/s1. The number of rotatable bonds is 3. The van der Waals surface area contributed by atoms with E-state index in [1.807, 2.05) is 0 Å². The highest BCUT2D eigenvalue weighted by atomic mass is 19.4. The molecule has 2 fully saturated rings. The van der Waals surface area contributed by atoms with E-state index >= 15 is 0 Å². The zero-order valence-electron chi connectivity index (χ0n) is 14.7. The second-order valence-corrected chi connectivity index (χ2v) is 8.31. The third-order valence-corrected chi connectivity index (χ3v) is 7.02. The number of hydrogen-bond donors (Lipinski definition) is 0. The van der Waals surface area contributed by atoms with Gasteiger partial charge in [0.1, 0.15) is 0 Å². The minimum atomic E-state index is -3.98. The molecule has 3 aliphatic carbocycles. The van der Waals surface area contributed by atoms with E-state index in [-0.39, 0.29) is 0 Å². The predicted octanol–water partition coefficient (Wildman–Crippen LogP) is 7.07. The molecule has 136 valence electrons. The molecule has 0 nitrogen and oxygen atoms in total. The maximum Gasteiger partial charge on any atom is 0.391 e. The Labute approximate surface area is 144 Å². The van der Waals surface area contributed by atoms with Crippen LogP contribution in [0.4, 0.5) is 13.2 Å². The summed E-state index contributed by atoms with van der Waals surface area (Å²) < 4.78 is 38.4. The van der Waals surface area contributed by atoms with Gasteiger partial charge in [0.2, 0.25) is 0 Å². The van der Waals surface area contributed by atoms with Gasteiger partial charge in [-0.25, -0.2) is 0 Å². The number of alkyl halides is 3. The van der Waals surface area contributed by atoms with Gasteiger partial charge in [0.15, 0.2) is 0 Å². The lowest BCUT2D eigenvalue weighted by molar-refractivity contribution is -0.183. The lowest BCUT2D eigenvalue weighted by atomic mass is 9.69. The average molecular weight is 340 g/mol. The predicted molar refractivity (Wildman–Crippen MR) is 92.6 cm³/mol. The Morgan fingerprint density at radius 2 is 1.54 bits per heavy atom. The molecule has 0 amide bonds. The fraction of sp³-hybridized carbons (Fsp3) is 0.810. The van der Waals surface area contributed by atoms with Crippen LogP contribution in [0.5, 0.6) is 0 Å². The van der Waals surface area contributed by atoms with E-state index in [2.05, 4.69) is 18.7 Å². The van der Waals surface area contributed by atoms with Gasteiger partial charge in [-0.1, -0.05) is 17.7 Å². The van der Waals surface area contributed by atoms with Crippen molar-refractivity contribution in [1.82, 2.24) is 0 Å². The largest absolute Gasteiger partial charge is 0.391 e. The highest BCUT2D eigenvalue weighted by Crippen LogP contribution is 2.45. The zero-order chi connectivity index (χ0) is 17.2. The SMILES string of the molecule is C=CC1CCC([C@H]2CC=C(C3CCC(C(F)(F)F)CC3)CC2)CC1. The van der Waals surface area contributed by atoms with Crippen molar-refractivity contribution in [1.29, 1.82) is 0 Å². The van der Waals surface area contributed by atoms with Gasteiger partial charge in [0, 0.05) is 0 Å². The third kappa shape index (κ3) is 4.26. The van der Waals surface area contributed by atoms with Crippen molar-refractivity contribution in [3.8, 4) is 0 Å². The molecule has 0 radical (unpaired) electrons. The van der Waals surface area contributed by atoms with Crippen molar-refractivity contribution in [2.75, 3.05) is 0 Å². The number of halogens is 3. The van der Waals surface area contributed by atoms with Gasteiger partial charge in [0.05, 0.1) is 5.92 Å². The fourth-order valence-corrected chi connectivity index (χ4v) is 5.32. The topological polar surface area (TPSA) is 0 Å². The highest BCUT2D eigenvalue weighted by Gasteiger charge is 2.42. The van der Waals surface area contributed by atoms with Gasteiger partial charge in [-0.15, -0.1) is 6.58 Å². The summed E-state index contributed by atoms with van der Waals surface area (Å²) in [5, 5.41) is 0. The molecule has 0 bridgehead atoms. The van der Waals surface area contributed by atoms with Crippen LogP contribution >= 0.6 is 0 Å². The van der Waals surface area contributed by atoms with Crippen LogP contribution in [0.2, 0.25) is 0 Å². The van der Waals surface area contributed by atoms with E-state index in [0.717, 1.165) is 43.4 Å². The number of allylic oxidation sites excluding steroid dienone is 3. The van der Waals surface area contributed by atoms with E-state index in [1.54, 1.807) is 0 Å². The maximum absolute atomic E-state index is 12.8. The molecule has 3 rings (SSSR count). The lowest BCUT2D eigenvalue weighted by Crippen LogP contribution is -2.29. The Hall–Kier alpha value is -0.730. The molecule has 24 heavy (non-hydrogen) atoms. The Bertz CT molecular complexity index is 446. The number of hydrogen-bond acceptors (Lipinski definition) is 0. The second-order valence-electron chi connectivity index (χ2n) is 8.31. The molecule has 0 saturated heterocycles. The normalized spacial score (nSPS) is 38.5. The molecule has 0 aromatic rings. The summed E-state index contributed by atoms with van der Waals surface area (Å²) in [6, 6.07) is 0. The maximum atomic E-state index is 12.8. The molecule has 0 aliphatic heterocycles. The monoisotopic (exact) mass is 340 g/mol. The molecule has 0 aromatic carbocycles. The van der Waals surface area contributed by atoms with Gasteiger partial charge in [0.25, 0.3) is 0 Å². The van der Waals surface area contributed by atoms with Gasteiger partial charge in [-0.3, -0.25) is 0 Å². The van der Waals surface area contributed by atoms with Gasteiger partial charge < -0.3 is 0 Å². The van der Waals surface area contributed by atoms with Crippen molar-refractivity contribution < 1.29 is 13.2 Å². The minimum absolute atomic E-state index is 0.334. The van der Waals surface area contributed by atoms with Crippen molar-refractivity contribution in [2.24, 2.45) is 29.6 Å². The fourth-order valence-electron chi connectivity index (χ4n) is 5.32. The Morgan fingerprint density at radius 1 is 0.875 bits per heavy atom. The smallest absolute Gasteiger partial charge is 0.171 e. The van der Waals surface area contributed by atoms with Crippen LogP contribution in [0.3, 0.4) is 0 Å². The van der Waals surface area contributed by atoms with Gasteiger partial charge in [-0.2, -0.15) is 13.2 Å². The third-order valence-electron chi connectivity index (χ3n) is 7.02. The van der Waals surface area contributed by atoms with E-state index in [4.69, 9.17) is 0 Å². The molecule has 1 atom stereocenters. The van der Waals surface area contributed by atoms with E-state index in [1.165, 1.54) is 37.7 Å². The molecular formula is C21H31F3. The van der Waals surface area contributed by atoms with Gasteiger partial charge in [-0.05, 0) is 94.3 Å². The first-order chi connectivity index (χ1) is 11.5. The van der Waals surface area contributed by atoms with Crippen LogP contribution in [0.1, 0.15) is 70.6 Å². The summed E-state index contributed by atoms with van der Waals surface area (Å²) in [6.07, 6.45) is 11.5. The molecule has 0 unspecified atom stereocenters. The molecule has 0 spiro atoms. The van der Waals surface area contributed by atoms with E-state index in [9.17, 15) is 13.2 Å². The lowest BCUT2D eigenvalue weighted by Gasteiger charge is -2.37. The van der Waals surface area contributed by atoms with Crippen LogP contribution in [-0.2, 0) is 0 Å². The van der Waals surface area contributed by atoms with E-state index < -0.39 is 12.1 Å². The van der Waals surface area contributed by atoms with Crippen LogP contribution in [0.15, 0.2) is 24.3 Å². The molecule has 2 saturated carbocycles. The summed E-state index contributed by atoms with van der Waals surface area (Å²) in [6.45, 7) is 3.92. The summed E-state index contributed by atoms with van der Waals surface area (Å²) in [5.41, 5.74) is 1.48. The summed E-state index contributed by atoms with van der Waals surface area (Å²) >= 11 is 0. The first-order valence-corrected chi connectivity index (χ1v) is 9.85. The molecule has 0 N–H and O–H groups in total. The van der Waals surface area contributed by atoms with Crippen molar-refractivity contribution in [3.05, 3.63) is 24.3 Å². The molecule has 0 aromatic heterocycles. The summed E-state index contributed by atoms with van der Waals surface area (Å²) in [5.74, 6) is 1.78. The Morgan fingerprint density at radius 3 is 2.04 bits per heavy atom. The minimum Gasteiger partial charge on any atom is -0.171 e. The molecular weight excluding hydrogens is 309 g/mol. The zero-order valence-corrected chi connectivity index (χ0v) is 14.7. The quantitative estimate of drug-likeness (QED) is 0.482. The van der Waals surface area contributed by atoms with Crippen LogP contribution in [0, 0.1) is 29.6 Å².